The summed E-state index contributed by atoms with van der Waals surface area (Å²) >= 11 is 0. The molecule has 2 aromatic rings. The number of benzene rings is 1. The molecule has 1 amide bonds. The lowest BCUT2D eigenvalue weighted by molar-refractivity contribution is -0.741. The number of nitrogens with one attached hydrogen (secondary N) is 2. The summed E-state index contributed by atoms with van der Waals surface area (Å²) in [4.78, 5) is 23.3. The molecule has 0 saturated carbocycles. The summed E-state index contributed by atoms with van der Waals surface area (Å²) in [5.74, 6) is -0.499. The number of hydrogen-bond donors (Lipinski definition) is 2. The number of aromatic nitrogens is 2. The molecule has 0 bridgehead atoms. The van der Waals surface area contributed by atoms with Crippen LogP contribution in [0.5, 0.6) is 0 Å². The van der Waals surface area contributed by atoms with Crippen LogP contribution < -0.4 is 15.6 Å². The molecule has 0 saturated heterocycles. The number of nitrogens with zero attached hydrogens (tertiary/aromatic N) is 1. The molecule has 0 fully saturated rings. The predicted molar refractivity (Wildman–Crippen MR) is 64.4 cm³/mol. The summed E-state index contributed by atoms with van der Waals surface area (Å²) in [6, 6.07) is 5.71. The number of anilines is 1. The van der Waals surface area contributed by atoms with Gasteiger partial charge in [0, 0.05) is 5.69 Å². The van der Waals surface area contributed by atoms with Gasteiger partial charge in [-0.3, -0.25) is 9.32 Å². The number of aryl methyl sites for hydroxylation is 3. The Morgan fingerprint density at radius 2 is 2.11 bits per heavy atom. The molecular formula is C12H14N3O3+. The Morgan fingerprint density at radius 3 is 2.72 bits per heavy atom. The molecule has 1 heterocycles. The van der Waals surface area contributed by atoms with Crippen molar-refractivity contribution < 1.29 is 14.0 Å². The fourth-order valence-electron chi connectivity index (χ4n) is 1.64. The van der Waals surface area contributed by atoms with Gasteiger partial charge in [0.05, 0.1) is 0 Å². The topological polar surface area (TPSA) is 79.0 Å². The molecule has 0 aliphatic heterocycles. The van der Waals surface area contributed by atoms with E-state index in [-0.39, 0.29) is 5.69 Å². The van der Waals surface area contributed by atoms with E-state index in [4.69, 9.17) is 0 Å². The van der Waals surface area contributed by atoms with Crippen molar-refractivity contribution in [2.24, 2.45) is 7.05 Å². The first kappa shape index (κ1) is 12.1. The molecule has 0 radical (unpaired) electrons. The summed E-state index contributed by atoms with van der Waals surface area (Å²) in [7, 11) is 1.53. The Balaban J connectivity index is 2.32. The molecule has 1 aromatic carbocycles. The Labute approximate surface area is 103 Å². The zero-order chi connectivity index (χ0) is 13.3. The van der Waals surface area contributed by atoms with Crippen molar-refractivity contribution in [3.8, 4) is 0 Å². The summed E-state index contributed by atoms with van der Waals surface area (Å²) < 4.78 is 5.77. The lowest BCUT2D eigenvalue weighted by atomic mass is 10.1. The fourth-order valence-corrected chi connectivity index (χ4v) is 1.64. The van der Waals surface area contributed by atoms with Crippen molar-refractivity contribution >= 4 is 11.6 Å². The summed E-state index contributed by atoms with van der Waals surface area (Å²) in [6.07, 6.45) is 0. The van der Waals surface area contributed by atoms with Crippen LogP contribution in [-0.4, -0.2) is 11.2 Å². The van der Waals surface area contributed by atoms with Gasteiger partial charge in [0.2, 0.25) is 0 Å². The maximum Gasteiger partial charge on any atom is 0.440 e. The third-order valence-corrected chi connectivity index (χ3v) is 2.66. The molecule has 0 spiro atoms. The van der Waals surface area contributed by atoms with Crippen LogP contribution in [-0.2, 0) is 7.05 Å². The van der Waals surface area contributed by atoms with Crippen molar-refractivity contribution in [1.29, 1.82) is 0 Å². The zero-order valence-electron chi connectivity index (χ0n) is 10.4. The Morgan fingerprint density at radius 1 is 1.39 bits per heavy atom. The van der Waals surface area contributed by atoms with Crippen molar-refractivity contribution in [2.45, 2.75) is 13.8 Å². The third-order valence-electron chi connectivity index (χ3n) is 2.66. The largest absolute Gasteiger partial charge is 0.440 e. The molecule has 0 atom stereocenters. The van der Waals surface area contributed by atoms with Gasteiger partial charge in [-0.05, 0) is 36.3 Å². The van der Waals surface area contributed by atoms with Crippen LogP contribution in [0, 0.1) is 13.8 Å². The highest BCUT2D eigenvalue weighted by atomic mass is 16.5. The Hall–Kier alpha value is -2.37. The minimum absolute atomic E-state index is 0.0732. The quantitative estimate of drug-likeness (QED) is 0.766. The van der Waals surface area contributed by atoms with Crippen LogP contribution in [0.1, 0.15) is 21.6 Å². The van der Waals surface area contributed by atoms with E-state index in [1.165, 1.54) is 11.7 Å². The molecule has 94 valence electrons. The fraction of sp³-hybridized carbons (Fsp3) is 0.250. The molecule has 6 nitrogen and oxygen atoms in total. The number of aromatic amines is 1. The van der Waals surface area contributed by atoms with Gasteiger partial charge in [-0.25, -0.2) is 4.79 Å². The van der Waals surface area contributed by atoms with Crippen LogP contribution >= 0.6 is 0 Å². The van der Waals surface area contributed by atoms with E-state index in [0.717, 1.165) is 11.1 Å². The van der Waals surface area contributed by atoms with Crippen molar-refractivity contribution in [1.82, 2.24) is 5.27 Å². The Kier molecular flexibility index (Phi) is 3.01. The van der Waals surface area contributed by atoms with Gasteiger partial charge in [-0.2, -0.15) is 0 Å². The summed E-state index contributed by atoms with van der Waals surface area (Å²) in [5, 5.41) is 4.99. The molecule has 2 N–H and O–H groups in total. The molecule has 1 aromatic heterocycles. The average Bonchev–Trinajstić information content (AvgIpc) is 2.63. The number of hydrogen-bond acceptors (Lipinski definition) is 3. The van der Waals surface area contributed by atoms with Crippen LogP contribution in [0.3, 0.4) is 0 Å². The summed E-state index contributed by atoms with van der Waals surface area (Å²) in [6.45, 7) is 3.81. The Bertz CT molecular complexity index is 655. The van der Waals surface area contributed by atoms with E-state index in [0.29, 0.717) is 5.69 Å². The molecule has 0 aliphatic rings. The second kappa shape index (κ2) is 4.48. The van der Waals surface area contributed by atoms with E-state index in [2.05, 4.69) is 15.1 Å². The van der Waals surface area contributed by atoms with E-state index in [1.54, 1.807) is 0 Å². The summed E-state index contributed by atoms with van der Waals surface area (Å²) in [5.41, 5.74) is 1.87. The van der Waals surface area contributed by atoms with Gasteiger partial charge in [-0.1, -0.05) is 16.8 Å². The lowest BCUT2D eigenvalue weighted by Gasteiger charge is -2.06. The molecule has 2 rings (SSSR count). The molecule has 0 aliphatic carbocycles. The highest BCUT2D eigenvalue weighted by Gasteiger charge is 2.26. The van der Waals surface area contributed by atoms with E-state index in [9.17, 15) is 9.59 Å². The molecule has 0 unspecified atom stereocenters. The second-order valence-electron chi connectivity index (χ2n) is 4.16. The molecule has 18 heavy (non-hydrogen) atoms. The lowest BCUT2D eigenvalue weighted by Crippen LogP contribution is -2.41. The highest BCUT2D eigenvalue weighted by Crippen LogP contribution is 2.16. The number of rotatable bonds is 2. The van der Waals surface area contributed by atoms with Crippen LogP contribution in [0.4, 0.5) is 5.69 Å². The zero-order valence-corrected chi connectivity index (χ0v) is 10.4. The smallest absolute Gasteiger partial charge is 0.316 e. The minimum Gasteiger partial charge on any atom is -0.316 e. The number of amides is 1. The maximum absolute atomic E-state index is 12.0. The van der Waals surface area contributed by atoms with Gasteiger partial charge in [0.1, 0.15) is 0 Å². The van der Waals surface area contributed by atoms with E-state index < -0.39 is 11.5 Å². The molecular weight excluding hydrogens is 234 g/mol. The first-order chi connectivity index (χ1) is 8.49. The standard InChI is InChI=1S/C12H13N3O3/c1-7-4-5-8(2)9(6-7)13-11(16)10-12(17)18-14-15(10)3/h4-6H,1-3H3,(H-,13,14,16,17)/p+1. The van der Waals surface area contributed by atoms with Gasteiger partial charge >= 0.3 is 17.2 Å². The normalized spacial score (nSPS) is 10.4. The first-order valence-corrected chi connectivity index (χ1v) is 5.45. The SMILES string of the molecule is Cc1ccc(C)c(NC(=O)c2c(=O)o[nH][n+]2C)c1. The van der Waals surface area contributed by atoms with Crippen LogP contribution in [0.25, 0.3) is 0 Å². The van der Waals surface area contributed by atoms with Gasteiger partial charge in [0.15, 0.2) is 7.05 Å². The first-order valence-electron chi connectivity index (χ1n) is 5.45. The number of carbonyl (C=O) groups is 1. The van der Waals surface area contributed by atoms with Gasteiger partial charge in [0.25, 0.3) is 0 Å². The van der Waals surface area contributed by atoms with Crippen molar-refractivity contribution in [2.75, 3.05) is 5.32 Å². The van der Waals surface area contributed by atoms with Crippen LogP contribution in [0.2, 0.25) is 0 Å². The van der Waals surface area contributed by atoms with Crippen molar-refractivity contribution in [3.05, 3.63) is 45.4 Å². The minimum atomic E-state index is -0.694. The highest BCUT2D eigenvalue weighted by molar-refractivity contribution is 6.01. The van der Waals surface area contributed by atoms with Gasteiger partial charge < -0.3 is 5.32 Å². The predicted octanol–water partition coefficient (Wildman–Crippen LogP) is 0.662. The second-order valence-corrected chi connectivity index (χ2v) is 4.16. The number of H-pyrrole nitrogens is 1. The van der Waals surface area contributed by atoms with Crippen LogP contribution in [0.15, 0.2) is 27.5 Å². The van der Waals surface area contributed by atoms with E-state index >= 15 is 0 Å². The average molecular weight is 248 g/mol. The van der Waals surface area contributed by atoms with Crippen molar-refractivity contribution in [3.63, 3.8) is 0 Å². The monoisotopic (exact) mass is 248 g/mol. The number of carbonyl (C=O) groups excluding carboxylic acids is 1. The maximum atomic E-state index is 12.0. The van der Waals surface area contributed by atoms with Gasteiger partial charge in [-0.15, -0.1) is 0 Å². The third kappa shape index (κ3) is 2.17. The van der Waals surface area contributed by atoms with E-state index in [1.807, 2.05) is 32.0 Å². The molecule has 6 heteroatoms.